The molecule has 1 saturated carbocycles. The van der Waals surface area contributed by atoms with Crippen LogP contribution < -0.4 is 0 Å². The molecule has 1 rings (SSSR count). The average Bonchev–Trinajstić information content (AvgIpc) is 2.11. The Kier molecular flexibility index (Phi) is 4.11. The van der Waals surface area contributed by atoms with Crippen LogP contribution in [-0.4, -0.2) is 17.5 Å². The van der Waals surface area contributed by atoms with Crippen LogP contribution in [0.1, 0.15) is 40.0 Å². The third kappa shape index (κ3) is 2.35. The summed E-state index contributed by atoms with van der Waals surface area (Å²) in [5.41, 5.74) is 0. The first-order chi connectivity index (χ1) is 6.57. The fourth-order valence-corrected chi connectivity index (χ4v) is 3.01. The lowest BCUT2D eigenvalue weighted by Gasteiger charge is -2.39. The smallest absolute Gasteiger partial charge is 0.133 e. The van der Waals surface area contributed by atoms with Crippen molar-refractivity contribution in [2.24, 2.45) is 23.7 Å². The summed E-state index contributed by atoms with van der Waals surface area (Å²) in [7, 11) is 0. The van der Waals surface area contributed by atoms with Crippen LogP contribution in [0.15, 0.2) is 0 Å². The van der Waals surface area contributed by atoms with Gasteiger partial charge in [0.05, 0.1) is 0 Å². The molecule has 0 aromatic heterocycles. The van der Waals surface area contributed by atoms with Crippen molar-refractivity contribution in [3.8, 4) is 0 Å². The second-order valence-electron chi connectivity index (χ2n) is 4.81. The monoisotopic (exact) mass is 198 g/mol. The second-order valence-corrected chi connectivity index (χ2v) is 4.81. The molecule has 0 aliphatic heterocycles. The molecule has 14 heavy (non-hydrogen) atoms. The lowest BCUT2D eigenvalue weighted by Crippen LogP contribution is -2.35. The molecule has 1 aliphatic carbocycles. The van der Waals surface area contributed by atoms with E-state index in [0.29, 0.717) is 23.5 Å². The van der Waals surface area contributed by atoms with Gasteiger partial charge in [0, 0.05) is 12.5 Å². The molecule has 1 N–H and O–H groups in total. The SMILES string of the molecule is CC(=O)[C@@H]1CC[C@H](C)[C@H](CCO)[C@H]1C. The molecular weight excluding hydrogens is 176 g/mol. The van der Waals surface area contributed by atoms with Crippen LogP contribution in [0.3, 0.4) is 0 Å². The van der Waals surface area contributed by atoms with Crippen molar-refractivity contribution < 1.29 is 9.90 Å². The zero-order valence-corrected chi connectivity index (χ0v) is 9.49. The minimum atomic E-state index is 0.239. The average molecular weight is 198 g/mol. The van der Waals surface area contributed by atoms with Gasteiger partial charge in [0.1, 0.15) is 5.78 Å². The molecular formula is C12H22O2. The van der Waals surface area contributed by atoms with Gasteiger partial charge in [-0.15, -0.1) is 0 Å². The number of carbonyl (C=O) groups is 1. The summed E-state index contributed by atoms with van der Waals surface area (Å²) in [5.74, 6) is 2.20. The van der Waals surface area contributed by atoms with Crippen LogP contribution >= 0.6 is 0 Å². The van der Waals surface area contributed by atoms with Gasteiger partial charge >= 0.3 is 0 Å². The van der Waals surface area contributed by atoms with E-state index < -0.39 is 0 Å². The maximum absolute atomic E-state index is 11.4. The number of hydrogen-bond acceptors (Lipinski definition) is 2. The Bertz CT molecular complexity index is 200. The van der Waals surface area contributed by atoms with Crippen LogP contribution in [-0.2, 0) is 4.79 Å². The summed E-state index contributed by atoms with van der Waals surface area (Å²) in [5, 5.41) is 8.99. The molecule has 0 unspecified atom stereocenters. The first kappa shape index (κ1) is 11.7. The van der Waals surface area contributed by atoms with Crippen LogP contribution in [0.5, 0.6) is 0 Å². The Labute approximate surface area is 86.7 Å². The van der Waals surface area contributed by atoms with E-state index in [1.807, 2.05) is 0 Å². The van der Waals surface area contributed by atoms with Gasteiger partial charge in [-0.3, -0.25) is 4.79 Å². The number of ketones is 1. The first-order valence-corrected chi connectivity index (χ1v) is 5.69. The fraction of sp³-hybridized carbons (Fsp3) is 0.917. The van der Waals surface area contributed by atoms with Crippen molar-refractivity contribution in [1.29, 1.82) is 0 Å². The molecule has 0 aromatic carbocycles. The summed E-state index contributed by atoms with van der Waals surface area (Å²) in [6, 6.07) is 0. The summed E-state index contributed by atoms with van der Waals surface area (Å²) < 4.78 is 0. The van der Waals surface area contributed by atoms with Gasteiger partial charge in [-0.1, -0.05) is 13.8 Å². The third-order valence-corrected chi connectivity index (χ3v) is 3.96. The van der Waals surface area contributed by atoms with Gasteiger partial charge in [0.2, 0.25) is 0 Å². The molecule has 0 aromatic rings. The first-order valence-electron chi connectivity index (χ1n) is 5.69. The molecule has 2 nitrogen and oxygen atoms in total. The molecule has 1 aliphatic rings. The summed E-state index contributed by atoms with van der Waals surface area (Å²) in [6.07, 6.45) is 3.03. The molecule has 0 heterocycles. The summed E-state index contributed by atoms with van der Waals surface area (Å²) >= 11 is 0. The van der Waals surface area contributed by atoms with Crippen molar-refractivity contribution in [2.45, 2.75) is 40.0 Å². The zero-order chi connectivity index (χ0) is 10.7. The van der Waals surface area contributed by atoms with Gasteiger partial charge in [0.15, 0.2) is 0 Å². The van der Waals surface area contributed by atoms with Gasteiger partial charge in [-0.2, -0.15) is 0 Å². The number of Topliss-reactive ketones (excluding diaryl/α,β-unsaturated/α-hetero) is 1. The molecule has 0 radical (unpaired) electrons. The van der Waals surface area contributed by atoms with Crippen molar-refractivity contribution in [3.63, 3.8) is 0 Å². The maximum atomic E-state index is 11.4. The predicted molar refractivity (Wildman–Crippen MR) is 56.9 cm³/mol. The minimum absolute atomic E-state index is 0.239. The Hall–Kier alpha value is -0.370. The normalized spacial score (nSPS) is 38.3. The Morgan fingerprint density at radius 1 is 1.36 bits per heavy atom. The van der Waals surface area contributed by atoms with E-state index in [-0.39, 0.29) is 12.5 Å². The van der Waals surface area contributed by atoms with Crippen LogP contribution in [0, 0.1) is 23.7 Å². The molecule has 1 fully saturated rings. The molecule has 2 heteroatoms. The highest BCUT2D eigenvalue weighted by atomic mass is 16.3. The van der Waals surface area contributed by atoms with Crippen LogP contribution in [0.2, 0.25) is 0 Å². The van der Waals surface area contributed by atoms with Gasteiger partial charge in [-0.05, 0) is 43.9 Å². The predicted octanol–water partition coefficient (Wildman–Crippen LogP) is 2.26. The molecule has 0 amide bonds. The van der Waals surface area contributed by atoms with Gasteiger partial charge in [0.25, 0.3) is 0 Å². The fourth-order valence-electron chi connectivity index (χ4n) is 3.01. The zero-order valence-electron chi connectivity index (χ0n) is 9.49. The van der Waals surface area contributed by atoms with E-state index >= 15 is 0 Å². The number of carbonyl (C=O) groups excluding carboxylic acids is 1. The summed E-state index contributed by atoms with van der Waals surface area (Å²) in [4.78, 5) is 11.4. The highest BCUT2D eigenvalue weighted by Gasteiger charge is 2.35. The van der Waals surface area contributed by atoms with Crippen molar-refractivity contribution in [3.05, 3.63) is 0 Å². The molecule has 0 spiro atoms. The third-order valence-electron chi connectivity index (χ3n) is 3.96. The summed E-state index contributed by atoms with van der Waals surface area (Å²) in [6.45, 7) is 6.37. The molecule has 0 bridgehead atoms. The largest absolute Gasteiger partial charge is 0.396 e. The van der Waals surface area contributed by atoms with E-state index in [4.69, 9.17) is 5.11 Å². The van der Waals surface area contributed by atoms with Crippen molar-refractivity contribution in [1.82, 2.24) is 0 Å². The highest BCUT2D eigenvalue weighted by Crippen LogP contribution is 2.40. The molecule has 82 valence electrons. The Balaban J connectivity index is 2.66. The number of aliphatic hydroxyl groups excluding tert-OH is 1. The second kappa shape index (κ2) is 4.92. The van der Waals surface area contributed by atoms with Crippen molar-refractivity contribution in [2.75, 3.05) is 6.61 Å². The molecule has 0 saturated heterocycles. The van der Waals surface area contributed by atoms with E-state index in [1.54, 1.807) is 6.92 Å². The van der Waals surface area contributed by atoms with Gasteiger partial charge < -0.3 is 5.11 Å². The standard InChI is InChI=1S/C12H22O2/c1-8-4-5-12(10(3)14)9(2)11(8)6-7-13/h8-9,11-13H,4-7H2,1-3H3/t8-,9+,11-,12+/m0/s1. The maximum Gasteiger partial charge on any atom is 0.133 e. The quantitative estimate of drug-likeness (QED) is 0.755. The number of aliphatic hydroxyl groups is 1. The Morgan fingerprint density at radius 3 is 2.50 bits per heavy atom. The van der Waals surface area contributed by atoms with Crippen molar-refractivity contribution >= 4 is 5.78 Å². The minimum Gasteiger partial charge on any atom is -0.396 e. The van der Waals surface area contributed by atoms with Crippen LogP contribution in [0.25, 0.3) is 0 Å². The lowest BCUT2D eigenvalue weighted by atomic mass is 9.66. The molecule has 4 atom stereocenters. The van der Waals surface area contributed by atoms with E-state index in [2.05, 4.69) is 13.8 Å². The van der Waals surface area contributed by atoms with E-state index in [1.165, 1.54) is 0 Å². The van der Waals surface area contributed by atoms with E-state index in [9.17, 15) is 4.79 Å². The van der Waals surface area contributed by atoms with Gasteiger partial charge in [-0.25, -0.2) is 0 Å². The van der Waals surface area contributed by atoms with Crippen LogP contribution in [0.4, 0.5) is 0 Å². The van der Waals surface area contributed by atoms with E-state index in [0.717, 1.165) is 19.3 Å². The topological polar surface area (TPSA) is 37.3 Å². The lowest BCUT2D eigenvalue weighted by molar-refractivity contribution is -0.125. The Morgan fingerprint density at radius 2 is 2.00 bits per heavy atom. The number of hydrogen-bond donors (Lipinski definition) is 1. The highest BCUT2D eigenvalue weighted by molar-refractivity contribution is 5.78. The number of rotatable bonds is 3.